The van der Waals surface area contributed by atoms with Gasteiger partial charge in [-0.1, -0.05) is 19.3 Å². The molecule has 3 nitrogen and oxygen atoms in total. The van der Waals surface area contributed by atoms with E-state index >= 15 is 0 Å². The van der Waals surface area contributed by atoms with Gasteiger partial charge in [-0.2, -0.15) is 11.8 Å². The molecule has 20 heavy (non-hydrogen) atoms. The Morgan fingerprint density at radius 3 is 2.65 bits per heavy atom. The van der Waals surface area contributed by atoms with Gasteiger partial charge in [0.15, 0.2) is 0 Å². The van der Waals surface area contributed by atoms with Gasteiger partial charge in [0, 0.05) is 16.9 Å². The Labute approximate surface area is 125 Å². The van der Waals surface area contributed by atoms with E-state index in [1.807, 2.05) is 11.8 Å². The van der Waals surface area contributed by atoms with Crippen molar-refractivity contribution in [2.24, 2.45) is 0 Å². The van der Waals surface area contributed by atoms with E-state index in [1.54, 1.807) is 25.1 Å². The molecule has 1 aliphatic rings. The number of aromatic hydroxyl groups is 1. The molecular weight excluding hydrogens is 270 g/mol. The van der Waals surface area contributed by atoms with Crippen LogP contribution in [-0.4, -0.2) is 28.6 Å². The lowest BCUT2D eigenvalue weighted by Gasteiger charge is -2.35. The molecule has 0 spiro atoms. The van der Waals surface area contributed by atoms with E-state index in [4.69, 9.17) is 0 Å². The molecule has 0 atom stereocenters. The van der Waals surface area contributed by atoms with Crippen LogP contribution in [0.2, 0.25) is 0 Å². The molecule has 1 amide bonds. The van der Waals surface area contributed by atoms with Gasteiger partial charge in [0.1, 0.15) is 5.75 Å². The smallest absolute Gasteiger partial charge is 0.251 e. The fourth-order valence-electron chi connectivity index (χ4n) is 2.79. The third-order valence-corrected chi connectivity index (χ3v) is 5.65. The van der Waals surface area contributed by atoms with Crippen molar-refractivity contribution >= 4 is 17.7 Å². The Kier molecular flexibility index (Phi) is 4.97. The molecule has 0 aromatic heterocycles. The van der Waals surface area contributed by atoms with Crippen molar-refractivity contribution in [3.8, 4) is 5.75 Å². The maximum absolute atomic E-state index is 12.2. The lowest BCUT2D eigenvalue weighted by molar-refractivity contribution is 0.0947. The zero-order valence-corrected chi connectivity index (χ0v) is 13.1. The van der Waals surface area contributed by atoms with E-state index in [2.05, 4.69) is 11.6 Å². The zero-order chi connectivity index (χ0) is 14.6. The van der Waals surface area contributed by atoms with Gasteiger partial charge in [-0.05, 0) is 49.8 Å². The van der Waals surface area contributed by atoms with Crippen LogP contribution in [0.5, 0.6) is 5.75 Å². The molecule has 0 unspecified atom stereocenters. The number of benzene rings is 1. The highest BCUT2D eigenvalue weighted by Crippen LogP contribution is 2.38. The number of thioether (sulfide) groups is 1. The van der Waals surface area contributed by atoms with Crippen LogP contribution in [0.4, 0.5) is 0 Å². The molecule has 1 fully saturated rings. The van der Waals surface area contributed by atoms with Gasteiger partial charge >= 0.3 is 0 Å². The van der Waals surface area contributed by atoms with Crippen molar-refractivity contribution in [3.63, 3.8) is 0 Å². The molecule has 1 aromatic rings. The van der Waals surface area contributed by atoms with Crippen LogP contribution in [-0.2, 0) is 0 Å². The average Bonchev–Trinajstić information content (AvgIpc) is 2.48. The summed E-state index contributed by atoms with van der Waals surface area (Å²) in [4.78, 5) is 12.2. The molecule has 110 valence electrons. The highest BCUT2D eigenvalue weighted by atomic mass is 32.2. The second-order valence-electron chi connectivity index (χ2n) is 5.63. The Bertz CT molecular complexity index is 481. The summed E-state index contributed by atoms with van der Waals surface area (Å²) in [5.41, 5.74) is 1.35. The normalized spacial score (nSPS) is 17.7. The minimum absolute atomic E-state index is 0.0490. The van der Waals surface area contributed by atoms with Crippen molar-refractivity contribution in [2.75, 3.05) is 12.8 Å². The number of nitrogens with one attached hydrogen (secondary N) is 1. The number of carbonyl (C=O) groups is 1. The highest BCUT2D eigenvalue weighted by Gasteiger charge is 2.31. The van der Waals surface area contributed by atoms with E-state index in [-0.39, 0.29) is 16.4 Å². The van der Waals surface area contributed by atoms with E-state index < -0.39 is 0 Å². The van der Waals surface area contributed by atoms with Crippen LogP contribution in [0.3, 0.4) is 0 Å². The monoisotopic (exact) mass is 293 g/mol. The van der Waals surface area contributed by atoms with Crippen LogP contribution in [0.25, 0.3) is 0 Å². The van der Waals surface area contributed by atoms with Gasteiger partial charge in [-0.3, -0.25) is 4.79 Å². The van der Waals surface area contributed by atoms with Crippen molar-refractivity contribution in [1.29, 1.82) is 0 Å². The van der Waals surface area contributed by atoms with Gasteiger partial charge in [-0.25, -0.2) is 0 Å². The first-order valence-corrected chi connectivity index (χ1v) is 8.42. The topological polar surface area (TPSA) is 49.3 Å². The number of phenols is 1. The maximum Gasteiger partial charge on any atom is 0.251 e. The molecule has 2 rings (SSSR count). The number of hydrogen-bond acceptors (Lipinski definition) is 3. The molecule has 0 saturated heterocycles. The molecular formula is C16H23NO2S. The van der Waals surface area contributed by atoms with Gasteiger partial charge in [0.2, 0.25) is 0 Å². The third kappa shape index (κ3) is 3.48. The van der Waals surface area contributed by atoms with Crippen LogP contribution < -0.4 is 5.32 Å². The third-order valence-electron chi connectivity index (χ3n) is 4.23. The number of hydrogen-bond donors (Lipinski definition) is 2. The minimum atomic E-state index is -0.0490. The average molecular weight is 293 g/mol. The summed E-state index contributed by atoms with van der Waals surface area (Å²) in [6, 6.07) is 4.98. The Hall–Kier alpha value is -1.16. The highest BCUT2D eigenvalue weighted by molar-refractivity contribution is 8.00. The number of phenolic OH excluding ortho intramolecular Hbond substituents is 1. The molecule has 0 heterocycles. The summed E-state index contributed by atoms with van der Waals surface area (Å²) in [6.45, 7) is 2.53. The van der Waals surface area contributed by atoms with Crippen LogP contribution in [0.15, 0.2) is 18.2 Å². The molecule has 0 bridgehead atoms. The Morgan fingerprint density at radius 1 is 1.35 bits per heavy atom. The summed E-state index contributed by atoms with van der Waals surface area (Å²) in [5, 5.41) is 12.6. The summed E-state index contributed by atoms with van der Waals surface area (Å²) >= 11 is 1.88. The second kappa shape index (κ2) is 6.53. The first-order valence-electron chi connectivity index (χ1n) is 7.19. The van der Waals surface area contributed by atoms with E-state index in [0.717, 1.165) is 12.1 Å². The van der Waals surface area contributed by atoms with Crippen molar-refractivity contribution in [2.45, 2.75) is 43.8 Å². The Balaban J connectivity index is 1.98. The number of amides is 1. The molecule has 2 N–H and O–H groups in total. The van der Waals surface area contributed by atoms with E-state index in [1.165, 1.54) is 32.1 Å². The van der Waals surface area contributed by atoms with Gasteiger partial charge < -0.3 is 10.4 Å². The summed E-state index contributed by atoms with van der Waals surface area (Å²) in [7, 11) is 0. The largest absolute Gasteiger partial charge is 0.508 e. The fourth-order valence-corrected chi connectivity index (χ4v) is 3.70. The second-order valence-corrected chi connectivity index (χ2v) is 6.91. The SMILES string of the molecule is CSC1(CNC(=O)c2ccc(O)c(C)c2)CCCCC1. The summed E-state index contributed by atoms with van der Waals surface area (Å²) in [5.74, 6) is 0.182. The molecule has 4 heteroatoms. The molecule has 1 saturated carbocycles. The lowest BCUT2D eigenvalue weighted by atomic mass is 9.88. The van der Waals surface area contributed by atoms with Gasteiger partial charge in [0.05, 0.1) is 0 Å². The molecule has 1 aromatic carbocycles. The standard InChI is InChI=1S/C16H23NO2S/c1-12-10-13(6-7-14(12)18)15(19)17-11-16(20-2)8-4-3-5-9-16/h6-7,10,18H,3-5,8-9,11H2,1-2H3,(H,17,19). The lowest BCUT2D eigenvalue weighted by Crippen LogP contribution is -2.41. The zero-order valence-electron chi connectivity index (χ0n) is 12.2. The molecule has 0 aliphatic heterocycles. The Morgan fingerprint density at radius 2 is 2.05 bits per heavy atom. The van der Waals surface area contributed by atoms with Crippen LogP contribution in [0, 0.1) is 6.92 Å². The van der Waals surface area contributed by atoms with Crippen molar-refractivity contribution < 1.29 is 9.90 Å². The predicted molar refractivity (Wildman–Crippen MR) is 84.5 cm³/mol. The van der Waals surface area contributed by atoms with Gasteiger partial charge in [-0.15, -0.1) is 0 Å². The number of rotatable bonds is 4. The summed E-state index contributed by atoms with van der Waals surface area (Å²) in [6.07, 6.45) is 8.34. The fraction of sp³-hybridized carbons (Fsp3) is 0.562. The molecule has 0 radical (unpaired) electrons. The van der Waals surface area contributed by atoms with E-state index in [0.29, 0.717) is 5.56 Å². The predicted octanol–water partition coefficient (Wildman–Crippen LogP) is 3.50. The van der Waals surface area contributed by atoms with Crippen molar-refractivity contribution in [3.05, 3.63) is 29.3 Å². The summed E-state index contributed by atoms with van der Waals surface area (Å²) < 4.78 is 0.208. The number of carbonyl (C=O) groups excluding carboxylic acids is 1. The minimum Gasteiger partial charge on any atom is -0.508 e. The number of aryl methyl sites for hydroxylation is 1. The van der Waals surface area contributed by atoms with Crippen LogP contribution >= 0.6 is 11.8 Å². The molecule has 1 aliphatic carbocycles. The first kappa shape index (κ1) is 15.2. The first-order chi connectivity index (χ1) is 9.56. The van der Waals surface area contributed by atoms with Crippen LogP contribution in [0.1, 0.15) is 48.0 Å². The van der Waals surface area contributed by atoms with Crippen molar-refractivity contribution in [1.82, 2.24) is 5.32 Å². The quantitative estimate of drug-likeness (QED) is 0.893. The maximum atomic E-state index is 12.2. The van der Waals surface area contributed by atoms with E-state index in [9.17, 15) is 9.90 Å². The van der Waals surface area contributed by atoms with Gasteiger partial charge in [0.25, 0.3) is 5.91 Å².